The van der Waals surface area contributed by atoms with E-state index in [1.165, 1.54) is 18.5 Å². The van der Waals surface area contributed by atoms with Crippen molar-refractivity contribution in [2.45, 2.75) is 33.4 Å². The van der Waals surface area contributed by atoms with Crippen molar-refractivity contribution in [3.05, 3.63) is 77.8 Å². The Labute approximate surface area is 236 Å². The van der Waals surface area contributed by atoms with Gasteiger partial charge in [-0.05, 0) is 37.1 Å². The number of anilines is 2. The number of rotatable bonds is 9. The lowest BCUT2D eigenvalue weighted by Crippen LogP contribution is -2.56. The molecular formula is C29H32FN7O4. The standard InChI is InChI=1S/C29H32FN7O4/c1-18(2)27(33-28(38)21-5-4-19(3)31-16-21)29(39)37-11-9-36(10-12-37)25-7-6-20(14-23(25)30)24-15-22(41-34-24)17-32-26-8-13-40-35-26/h4-8,13-16,18,27H,9-12,17H2,1-3H3,(H,32,35)(H,33,38)/t27-/m1/s1. The van der Waals surface area contributed by atoms with Crippen molar-refractivity contribution in [2.24, 2.45) is 5.92 Å². The maximum atomic E-state index is 15.2. The molecule has 41 heavy (non-hydrogen) atoms. The van der Waals surface area contributed by atoms with Crippen LogP contribution in [0.25, 0.3) is 11.3 Å². The Morgan fingerprint density at radius 1 is 1.05 bits per heavy atom. The van der Waals surface area contributed by atoms with Gasteiger partial charge in [-0.3, -0.25) is 14.6 Å². The molecule has 1 atom stereocenters. The molecular weight excluding hydrogens is 529 g/mol. The second-order valence-corrected chi connectivity index (χ2v) is 10.3. The van der Waals surface area contributed by atoms with Gasteiger partial charge < -0.3 is 29.5 Å². The molecule has 214 valence electrons. The lowest BCUT2D eigenvalue weighted by Gasteiger charge is -2.38. The van der Waals surface area contributed by atoms with Crippen LogP contribution in [0.4, 0.5) is 15.9 Å². The largest absolute Gasteiger partial charge is 0.366 e. The van der Waals surface area contributed by atoms with Gasteiger partial charge >= 0.3 is 0 Å². The number of amides is 2. The van der Waals surface area contributed by atoms with Gasteiger partial charge in [0.1, 0.15) is 23.8 Å². The molecule has 5 rings (SSSR count). The number of nitrogens with zero attached hydrogens (tertiary/aromatic N) is 5. The summed E-state index contributed by atoms with van der Waals surface area (Å²) < 4.78 is 25.4. The number of benzene rings is 1. The molecule has 2 N–H and O–H groups in total. The number of piperazine rings is 1. The summed E-state index contributed by atoms with van der Waals surface area (Å²) in [7, 11) is 0. The minimum absolute atomic E-state index is 0.108. The Morgan fingerprint density at radius 2 is 1.85 bits per heavy atom. The Kier molecular flexibility index (Phi) is 8.27. The third-order valence-electron chi connectivity index (χ3n) is 7.01. The first-order valence-electron chi connectivity index (χ1n) is 13.5. The third kappa shape index (κ3) is 6.53. The van der Waals surface area contributed by atoms with Gasteiger partial charge in [0.05, 0.1) is 17.8 Å². The molecule has 0 aliphatic carbocycles. The second kappa shape index (κ2) is 12.2. The van der Waals surface area contributed by atoms with E-state index in [1.54, 1.807) is 41.3 Å². The number of aryl methyl sites for hydroxylation is 1. The number of hydrogen-bond donors (Lipinski definition) is 2. The molecule has 1 aliphatic heterocycles. The molecule has 4 heterocycles. The van der Waals surface area contributed by atoms with Crippen LogP contribution in [0.2, 0.25) is 0 Å². The van der Waals surface area contributed by atoms with Gasteiger partial charge in [-0.25, -0.2) is 4.39 Å². The molecule has 0 bridgehead atoms. The first-order valence-corrected chi connectivity index (χ1v) is 13.5. The van der Waals surface area contributed by atoms with E-state index in [2.05, 4.69) is 25.9 Å². The highest BCUT2D eigenvalue weighted by Crippen LogP contribution is 2.27. The predicted molar refractivity (Wildman–Crippen MR) is 150 cm³/mol. The SMILES string of the molecule is Cc1ccc(C(=O)N[C@@H](C(=O)N2CCN(c3ccc(-c4cc(CNc5ccon5)on4)cc3F)CC2)C(C)C)cn1. The Balaban J connectivity index is 1.18. The summed E-state index contributed by atoms with van der Waals surface area (Å²) in [6.07, 6.45) is 2.97. The van der Waals surface area contributed by atoms with Gasteiger partial charge in [0.25, 0.3) is 5.91 Å². The molecule has 1 saturated heterocycles. The molecule has 0 saturated carbocycles. The van der Waals surface area contributed by atoms with Gasteiger partial charge in [0.15, 0.2) is 11.6 Å². The van der Waals surface area contributed by atoms with Gasteiger partial charge in [-0.15, -0.1) is 0 Å². The molecule has 0 spiro atoms. The summed E-state index contributed by atoms with van der Waals surface area (Å²) in [5.41, 5.74) is 2.78. The molecule has 3 aromatic heterocycles. The zero-order chi connectivity index (χ0) is 28.9. The Hall–Kier alpha value is -4.74. The van der Waals surface area contributed by atoms with Crippen LogP contribution in [0.3, 0.4) is 0 Å². The topological polar surface area (TPSA) is 130 Å². The zero-order valence-electron chi connectivity index (χ0n) is 23.1. The van der Waals surface area contributed by atoms with Crippen LogP contribution >= 0.6 is 0 Å². The summed E-state index contributed by atoms with van der Waals surface area (Å²) in [5.74, 6) is 0.165. The summed E-state index contributed by atoms with van der Waals surface area (Å²) in [4.78, 5) is 33.9. The molecule has 1 aromatic carbocycles. The van der Waals surface area contributed by atoms with E-state index in [1.807, 2.05) is 25.7 Å². The van der Waals surface area contributed by atoms with Gasteiger partial charge in [0, 0.05) is 55.8 Å². The van der Waals surface area contributed by atoms with Crippen LogP contribution in [0.15, 0.2) is 64.0 Å². The molecule has 0 radical (unpaired) electrons. The monoisotopic (exact) mass is 561 g/mol. The van der Waals surface area contributed by atoms with E-state index in [-0.39, 0.29) is 23.5 Å². The fourth-order valence-electron chi connectivity index (χ4n) is 4.64. The Morgan fingerprint density at radius 3 is 2.51 bits per heavy atom. The van der Waals surface area contributed by atoms with Crippen molar-refractivity contribution < 1.29 is 23.0 Å². The van der Waals surface area contributed by atoms with Crippen LogP contribution in [0.1, 0.15) is 35.7 Å². The van der Waals surface area contributed by atoms with Crippen LogP contribution < -0.4 is 15.5 Å². The Bertz CT molecular complexity index is 1480. The van der Waals surface area contributed by atoms with E-state index in [0.717, 1.165) is 5.69 Å². The van der Waals surface area contributed by atoms with Gasteiger partial charge in [0.2, 0.25) is 5.91 Å². The fraction of sp³-hybridized carbons (Fsp3) is 0.345. The van der Waals surface area contributed by atoms with Gasteiger partial charge in [-0.1, -0.05) is 30.2 Å². The molecule has 2 amide bonds. The first-order chi connectivity index (χ1) is 19.8. The number of hydrogen-bond acceptors (Lipinski definition) is 9. The van der Waals surface area contributed by atoms with E-state index in [4.69, 9.17) is 9.05 Å². The second-order valence-electron chi connectivity index (χ2n) is 10.3. The smallest absolute Gasteiger partial charge is 0.253 e. The first kappa shape index (κ1) is 27.8. The van der Waals surface area contributed by atoms with Crippen molar-refractivity contribution in [1.82, 2.24) is 25.5 Å². The summed E-state index contributed by atoms with van der Waals surface area (Å²) in [6.45, 7) is 7.74. The minimum Gasteiger partial charge on any atom is -0.366 e. The average molecular weight is 562 g/mol. The quantitative estimate of drug-likeness (QED) is 0.313. The number of pyridine rings is 1. The van der Waals surface area contributed by atoms with E-state index in [0.29, 0.717) is 66.8 Å². The number of carbonyl (C=O) groups is 2. The zero-order valence-corrected chi connectivity index (χ0v) is 23.1. The van der Waals surface area contributed by atoms with Crippen LogP contribution in [-0.2, 0) is 11.3 Å². The minimum atomic E-state index is -0.676. The van der Waals surface area contributed by atoms with Crippen LogP contribution in [-0.4, -0.2) is 64.2 Å². The molecule has 11 nitrogen and oxygen atoms in total. The van der Waals surface area contributed by atoms with Crippen LogP contribution in [0.5, 0.6) is 0 Å². The molecule has 1 fully saturated rings. The highest BCUT2D eigenvalue weighted by Gasteiger charge is 2.31. The third-order valence-corrected chi connectivity index (χ3v) is 7.01. The predicted octanol–water partition coefficient (Wildman–Crippen LogP) is 3.89. The number of aromatic nitrogens is 3. The molecule has 0 unspecified atom stereocenters. The highest BCUT2D eigenvalue weighted by molar-refractivity contribution is 5.97. The fourth-order valence-corrected chi connectivity index (χ4v) is 4.64. The molecule has 1 aliphatic rings. The van der Waals surface area contributed by atoms with Gasteiger partial charge in [-0.2, -0.15) is 0 Å². The maximum Gasteiger partial charge on any atom is 0.253 e. The lowest BCUT2D eigenvalue weighted by molar-refractivity contribution is -0.134. The van der Waals surface area contributed by atoms with Crippen molar-refractivity contribution in [2.75, 3.05) is 36.4 Å². The van der Waals surface area contributed by atoms with Crippen molar-refractivity contribution in [1.29, 1.82) is 0 Å². The average Bonchev–Trinajstić information content (AvgIpc) is 3.67. The number of carbonyl (C=O) groups excluding carboxylic acids is 2. The summed E-state index contributed by atoms with van der Waals surface area (Å²) in [5, 5.41) is 13.7. The summed E-state index contributed by atoms with van der Waals surface area (Å²) in [6, 6.07) is 11.2. The maximum absolute atomic E-state index is 15.2. The van der Waals surface area contributed by atoms with E-state index < -0.39 is 6.04 Å². The molecule has 12 heteroatoms. The van der Waals surface area contributed by atoms with Crippen molar-refractivity contribution in [3.63, 3.8) is 0 Å². The summed E-state index contributed by atoms with van der Waals surface area (Å²) >= 11 is 0. The highest BCUT2D eigenvalue weighted by atomic mass is 19.1. The van der Waals surface area contributed by atoms with E-state index in [9.17, 15) is 9.59 Å². The van der Waals surface area contributed by atoms with E-state index >= 15 is 4.39 Å². The van der Waals surface area contributed by atoms with Crippen molar-refractivity contribution in [3.8, 4) is 11.3 Å². The van der Waals surface area contributed by atoms with Crippen LogP contribution in [0, 0.1) is 18.7 Å². The van der Waals surface area contributed by atoms with Crippen molar-refractivity contribution >= 4 is 23.3 Å². The number of halogens is 1. The number of nitrogens with one attached hydrogen (secondary N) is 2. The molecule has 4 aromatic rings. The lowest BCUT2D eigenvalue weighted by atomic mass is 10.0. The normalized spacial score (nSPS) is 14.3.